The maximum atomic E-state index is 12.4. The predicted octanol–water partition coefficient (Wildman–Crippen LogP) is 4.70. The van der Waals surface area contributed by atoms with Crippen LogP contribution in [0.3, 0.4) is 0 Å². The van der Waals surface area contributed by atoms with E-state index in [1.54, 1.807) is 25.2 Å². The first-order valence-corrected chi connectivity index (χ1v) is 10.3. The second-order valence-electron chi connectivity index (χ2n) is 6.26. The van der Waals surface area contributed by atoms with Gasteiger partial charge in [-0.3, -0.25) is 9.59 Å². The van der Waals surface area contributed by atoms with Crippen LogP contribution in [0.5, 0.6) is 5.75 Å². The van der Waals surface area contributed by atoms with Gasteiger partial charge in [-0.2, -0.15) is 0 Å². The Kier molecular flexibility index (Phi) is 6.63. The smallest absolute Gasteiger partial charge is 0.262 e. The highest BCUT2D eigenvalue weighted by Gasteiger charge is 2.25. The zero-order valence-corrected chi connectivity index (χ0v) is 17.2. The standard InChI is InChI=1S/C19H20Cl2N2O3S/c1-22-18(25)17-12-5-3-2-4-6-15(12)27-19(17)23-16(24)10-26-14-8-7-11(20)9-13(14)21/h7-9H,2-6,10H2,1H3,(H,22,25)(H,23,24). The van der Waals surface area contributed by atoms with E-state index in [1.165, 1.54) is 16.2 Å². The van der Waals surface area contributed by atoms with E-state index in [-0.39, 0.29) is 18.4 Å². The summed E-state index contributed by atoms with van der Waals surface area (Å²) in [5.41, 5.74) is 1.64. The lowest BCUT2D eigenvalue weighted by Gasteiger charge is -2.10. The molecule has 1 aliphatic carbocycles. The van der Waals surface area contributed by atoms with Gasteiger partial charge in [0.15, 0.2) is 6.61 Å². The van der Waals surface area contributed by atoms with Crippen molar-refractivity contribution < 1.29 is 14.3 Å². The number of thiophene rings is 1. The van der Waals surface area contributed by atoms with Crippen molar-refractivity contribution in [3.63, 3.8) is 0 Å². The molecule has 1 heterocycles. The summed E-state index contributed by atoms with van der Waals surface area (Å²) in [6, 6.07) is 4.80. The normalized spacial score (nSPS) is 13.4. The molecule has 0 saturated heterocycles. The largest absolute Gasteiger partial charge is 0.482 e. The molecule has 1 aromatic heterocycles. The van der Waals surface area contributed by atoms with E-state index >= 15 is 0 Å². The maximum Gasteiger partial charge on any atom is 0.262 e. The fraction of sp³-hybridized carbons (Fsp3) is 0.368. The Morgan fingerprint density at radius 1 is 1.19 bits per heavy atom. The van der Waals surface area contributed by atoms with Gasteiger partial charge in [0.1, 0.15) is 10.8 Å². The Balaban J connectivity index is 1.74. The number of fused-ring (bicyclic) bond motifs is 1. The molecule has 3 rings (SSSR count). The van der Waals surface area contributed by atoms with Crippen LogP contribution in [0.4, 0.5) is 5.00 Å². The molecule has 2 amide bonds. The van der Waals surface area contributed by atoms with Gasteiger partial charge < -0.3 is 15.4 Å². The third-order valence-corrected chi connectivity index (χ3v) is 6.12. The number of anilines is 1. The van der Waals surface area contributed by atoms with Crippen molar-refractivity contribution >= 4 is 51.4 Å². The highest BCUT2D eigenvalue weighted by atomic mass is 35.5. The first-order chi connectivity index (χ1) is 13.0. The SMILES string of the molecule is CNC(=O)c1c(NC(=O)COc2ccc(Cl)cc2Cl)sc2c1CCCCC2. The number of nitrogens with one attached hydrogen (secondary N) is 2. The van der Waals surface area contributed by atoms with E-state index in [0.717, 1.165) is 37.7 Å². The van der Waals surface area contributed by atoms with Crippen molar-refractivity contribution in [2.24, 2.45) is 0 Å². The Labute approximate surface area is 172 Å². The Morgan fingerprint density at radius 3 is 2.70 bits per heavy atom. The van der Waals surface area contributed by atoms with Crippen molar-refractivity contribution in [3.05, 3.63) is 44.2 Å². The van der Waals surface area contributed by atoms with Crippen LogP contribution >= 0.6 is 34.5 Å². The molecule has 8 heteroatoms. The zero-order valence-electron chi connectivity index (χ0n) is 14.9. The molecule has 144 valence electrons. The quantitative estimate of drug-likeness (QED) is 0.680. The summed E-state index contributed by atoms with van der Waals surface area (Å²) in [7, 11) is 1.60. The highest BCUT2D eigenvalue weighted by Crippen LogP contribution is 2.37. The molecule has 0 spiro atoms. The number of hydrogen-bond donors (Lipinski definition) is 2. The van der Waals surface area contributed by atoms with Crippen molar-refractivity contribution in [2.45, 2.75) is 32.1 Å². The summed E-state index contributed by atoms with van der Waals surface area (Å²) in [5.74, 6) is -0.140. The molecule has 2 aromatic rings. The summed E-state index contributed by atoms with van der Waals surface area (Å²) in [6.45, 7) is -0.211. The molecule has 0 saturated carbocycles. The predicted molar refractivity (Wildman–Crippen MR) is 110 cm³/mol. The van der Waals surface area contributed by atoms with Crippen molar-refractivity contribution in [1.82, 2.24) is 5.32 Å². The van der Waals surface area contributed by atoms with E-state index < -0.39 is 0 Å². The van der Waals surface area contributed by atoms with Gasteiger partial charge in [-0.15, -0.1) is 11.3 Å². The lowest BCUT2D eigenvalue weighted by molar-refractivity contribution is -0.118. The summed E-state index contributed by atoms with van der Waals surface area (Å²) in [4.78, 5) is 26.0. The molecule has 1 aromatic carbocycles. The van der Waals surface area contributed by atoms with Crippen molar-refractivity contribution in [3.8, 4) is 5.75 Å². The number of benzene rings is 1. The maximum absolute atomic E-state index is 12.4. The minimum atomic E-state index is -0.345. The molecule has 2 N–H and O–H groups in total. The van der Waals surface area contributed by atoms with Crippen LogP contribution in [-0.2, 0) is 17.6 Å². The Bertz CT molecular complexity index is 867. The average molecular weight is 427 g/mol. The Morgan fingerprint density at radius 2 is 1.96 bits per heavy atom. The van der Waals surface area contributed by atoms with E-state index in [4.69, 9.17) is 27.9 Å². The summed E-state index contributed by atoms with van der Waals surface area (Å²) < 4.78 is 5.48. The molecule has 27 heavy (non-hydrogen) atoms. The number of rotatable bonds is 5. The van der Waals surface area contributed by atoms with Gasteiger partial charge in [-0.1, -0.05) is 29.6 Å². The lowest BCUT2D eigenvalue weighted by atomic mass is 10.0. The zero-order chi connectivity index (χ0) is 19.4. The third kappa shape index (κ3) is 4.75. The monoisotopic (exact) mass is 426 g/mol. The molecule has 0 unspecified atom stereocenters. The molecule has 1 aliphatic rings. The fourth-order valence-corrected chi connectivity index (χ4v) is 4.86. The van der Waals surface area contributed by atoms with Gasteiger partial charge in [-0.25, -0.2) is 0 Å². The number of carbonyl (C=O) groups excluding carboxylic acids is 2. The second-order valence-corrected chi connectivity index (χ2v) is 8.21. The molecule has 0 fully saturated rings. The molecule has 0 aliphatic heterocycles. The fourth-order valence-electron chi connectivity index (χ4n) is 3.09. The van der Waals surface area contributed by atoms with Gasteiger partial charge in [0, 0.05) is 16.9 Å². The number of halogens is 2. The van der Waals surface area contributed by atoms with Crippen molar-refractivity contribution in [2.75, 3.05) is 19.0 Å². The van der Waals surface area contributed by atoms with Crippen LogP contribution in [0.1, 0.15) is 40.1 Å². The summed E-state index contributed by atoms with van der Waals surface area (Å²) in [6.07, 6.45) is 5.12. The number of aryl methyl sites for hydroxylation is 1. The van der Waals surface area contributed by atoms with Gasteiger partial charge >= 0.3 is 0 Å². The first-order valence-electron chi connectivity index (χ1n) is 8.74. The highest BCUT2D eigenvalue weighted by molar-refractivity contribution is 7.17. The lowest BCUT2D eigenvalue weighted by Crippen LogP contribution is -2.24. The van der Waals surface area contributed by atoms with E-state index in [9.17, 15) is 9.59 Å². The van der Waals surface area contributed by atoms with Crippen LogP contribution in [0.15, 0.2) is 18.2 Å². The Hall–Kier alpha value is -1.76. The van der Waals surface area contributed by atoms with Gasteiger partial charge in [0.25, 0.3) is 11.8 Å². The first kappa shape index (κ1) is 20.0. The van der Waals surface area contributed by atoms with E-state index in [1.807, 2.05) is 0 Å². The topological polar surface area (TPSA) is 67.4 Å². The third-order valence-electron chi connectivity index (χ3n) is 4.38. The number of hydrogen-bond acceptors (Lipinski definition) is 4. The average Bonchev–Trinajstić information content (AvgIpc) is 2.81. The molecule has 0 bridgehead atoms. The molecule has 0 atom stereocenters. The van der Waals surface area contributed by atoms with Crippen LogP contribution < -0.4 is 15.4 Å². The number of ether oxygens (including phenoxy) is 1. The van der Waals surface area contributed by atoms with Crippen LogP contribution in [0, 0.1) is 0 Å². The minimum absolute atomic E-state index is 0.175. The summed E-state index contributed by atoms with van der Waals surface area (Å²) in [5, 5.41) is 6.92. The molecular formula is C19H20Cl2N2O3S. The van der Waals surface area contributed by atoms with Crippen LogP contribution in [-0.4, -0.2) is 25.5 Å². The number of amides is 2. The van der Waals surface area contributed by atoms with Crippen LogP contribution in [0.25, 0.3) is 0 Å². The minimum Gasteiger partial charge on any atom is -0.482 e. The molecular weight excluding hydrogens is 407 g/mol. The van der Waals surface area contributed by atoms with Gasteiger partial charge in [0.2, 0.25) is 0 Å². The van der Waals surface area contributed by atoms with Gasteiger partial charge in [0.05, 0.1) is 10.6 Å². The van der Waals surface area contributed by atoms with E-state index in [0.29, 0.717) is 26.4 Å². The van der Waals surface area contributed by atoms with Gasteiger partial charge in [-0.05, 0) is 49.4 Å². The summed E-state index contributed by atoms with van der Waals surface area (Å²) >= 11 is 13.4. The second kappa shape index (κ2) is 8.95. The van der Waals surface area contributed by atoms with Crippen LogP contribution in [0.2, 0.25) is 10.0 Å². The number of carbonyl (C=O) groups is 2. The van der Waals surface area contributed by atoms with Crippen molar-refractivity contribution in [1.29, 1.82) is 0 Å². The molecule has 0 radical (unpaired) electrons. The van der Waals surface area contributed by atoms with E-state index in [2.05, 4.69) is 10.6 Å². The molecule has 5 nitrogen and oxygen atoms in total.